The van der Waals surface area contributed by atoms with Gasteiger partial charge in [-0.05, 0) is 40.8 Å². The largest absolute Gasteiger partial charge is 0.504 e. The van der Waals surface area contributed by atoms with Crippen LogP contribution in [0.1, 0.15) is 5.56 Å². The zero-order chi connectivity index (χ0) is 25.3. The van der Waals surface area contributed by atoms with E-state index in [1.165, 1.54) is 49.6 Å². The number of carbonyl (C=O) groups is 1. The monoisotopic (exact) mass is 506 g/mol. The Morgan fingerprint density at radius 3 is 2.63 bits per heavy atom. The van der Waals surface area contributed by atoms with Crippen molar-refractivity contribution in [1.82, 2.24) is 5.16 Å². The molecule has 0 radical (unpaired) electrons. The zero-order valence-electron chi connectivity index (χ0n) is 18.5. The van der Waals surface area contributed by atoms with Gasteiger partial charge in [0.2, 0.25) is 0 Å². The highest BCUT2D eigenvalue weighted by Gasteiger charge is 2.35. The fraction of sp³-hybridized carbons (Fsp3) is 0.227. The maximum atomic E-state index is 12.7. The van der Waals surface area contributed by atoms with Gasteiger partial charge in [-0.2, -0.15) is 0 Å². The lowest BCUT2D eigenvalue weighted by atomic mass is 10.2. The molecule has 1 heterocycles. The molecule has 1 aromatic heterocycles. The van der Waals surface area contributed by atoms with Crippen LogP contribution in [0.4, 0.5) is 0 Å². The van der Waals surface area contributed by atoms with Crippen LogP contribution in [-0.2, 0) is 24.1 Å². The fourth-order valence-corrected chi connectivity index (χ4v) is 4.05. The minimum absolute atomic E-state index is 0.00274. The molecule has 3 rings (SSSR count). The molecule has 0 aliphatic heterocycles. The summed E-state index contributed by atoms with van der Waals surface area (Å²) in [5.41, 5.74) is 0.630. The second-order valence-electron chi connectivity index (χ2n) is 6.75. The number of hydrogen-bond acceptors (Lipinski definition) is 11. The first-order valence-corrected chi connectivity index (χ1v) is 11.6. The van der Waals surface area contributed by atoms with Crippen molar-refractivity contribution in [3.8, 4) is 17.4 Å². The minimum Gasteiger partial charge on any atom is -0.504 e. The summed E-state index contributed by atoms with van der Waals surface area (Å²) in [5, 5.41) is 24.0. The van der Waals surface area contributed by atoms with Crippen LogP contribution in [0, 0.1) is 5.21 Å². The van der Waals surface area contributed by atoms with Crippen LogP contribution >= 0.6 is 0 Å². The third kappa shape index (κ3) is 6.71. The van der Waals surface area contributed by atoms with E-state index in [0.717, 1.165) is 0 Å². The van der Waals surface area contributed by atoms with Crippen LogP contribution in [0.25, 0.3) is 6.08 Å². The lowest BCUT2D eigenvalue weighted by molar-refractivity contribution is -0.832. The van der Waals surface area contributed by atoms with Gasteiger partial charge in [0.15, 0.2) is 11.5 Å². The Bertz CT molecular complexity index is 1270. The number of rotatable bonds is 12. The molecule has 13 heteroatoms. The van der Waals surface area contributed by atoms with Crippen molar-refractivity contribution in [1.29, 1.82) is 0 Å². The number of methoxy groups -OCH3 is 1. The van der Waals surface area contributed by atoms with Gasteiger partial charge < -0.3 is 29.3 Å². The maximum Gasteiger partial charge on any atom is 0.415 e. The molecular weight excluding hydrogens is 484 g/mol. The van der Waals surface area contributed by atoms with Gasteiger partial charge in [-0.25, -0.2) is 13.2 Å². The number of aromatic nitrogens is 2. The van der Waals surface area contributed by atoms with Gasteiger partial charge in [0.05, 0.1) is 30.4 Å². The molecule has 1 N–H and O–H groups in total. The number of ether oxygens (including phenoxy) is 4. The number of benzene rings is 2. The third-order valence-corrected chi connectivity index (χ3v) is 6.13. The van der Waals surface area contributed by atoms with Gasteiger partial charge in [0, 0.05) is 6.08 Å². The van der Waals surface area contributed by atoms with E-state index >= 15 is 0 Å². The predicted molar refractivity (Wildman–Crippen MR) is 118 cm³/mol. The number of nitrogens with zero attached hydrogens (tertiary/aromatic N) is 2. The first kappa shape index (κ1) is 25.5. The number of aromatic hydroxyl groups is 1. The van der Waals surface area contributed by atoms with Crippen LogP contribution < -0.4 is 14.4 Å². The van der Waals surface area contributed by atoms with Crippen LogP contribution in [0.5, 0.6) is 17.4 Å². The number of carbonyl (C=O) groups excluding carboxylic acids is 1. The van der Waals surface area contributed by atoms with E-state index < -0.39 is 26.7 Å². The lowest BCUT2D eigenvalue weighted by Gasteiger charge is -2.05. The summed E-state index contributed by atoms with van der Waals surface area (Å²) in [6.45, 7) is -0.136. The smallest absolute Gasteiger partial charge is 0.415 e. The van der Waals surface area contributed by atoms with Gasteiger partial charge in [-0.1, -0.05) is 24.3 Å². The Labute approximate surface area is 200 Å². The molecule has 0 amide bonds. The average molecular weight is 506 g/mol. The van der Waals surface area contributed by atoms with Crippen LogP contribution in [0.15, 0.2) is 69.2 Å². The second-order valence-corrected chi connectivity index (χ2v) is 8.61. The standard InChI is InChI=1S/C22H22N2O10S/c1-30-19-15-16(7-9-18(19)25)8-10-20(26)32-13-11-31-12-14-33-21-22(24(27)34-23-21)35(28,29)17-5-3-2-4-6-17/h2-10,15,25H,11-14H2,1H3/b10-8+. The van der Waals surface area contributed by atoms with Crippen LogP contribution in [0.2, 0.25) is 0 Å². The third-order valence-electron chi connectivity index (χ3n) is 4.41. The van der Waals surface area contributed by atoms with Crippen molar-refractivity contribution in [2.45, 2.75) is 9.92 Å². The molecule has 0 aliphatic carbocycles. The summed E-state index contributed by atoms with van der Waals surface area (Å²) < 4.78 is 50.2. The van der Waals surface area contributed by atoms with Crippen molar-refractivity contribution < 1.29 is 46.8 Å². The average Bonchev–Trinajstić information content (AvgIpc) is 3.24. The van der Waals surface area contributed by atoms with Crippen molar-refractivity contribution in [2.24, 2.45) is 0 Å². The van der Waals surface area contributed by atoms with Gasteiger partial charge in [0.1, 0.15) is 13.2 Å². The predicted octanol–water partition coefficient (Wildman–Crippen LogP) is 1.51. The van der Waals surface area contributed by atoms with Crippen molar-refractivity contribution in [3.63, 3.8) is 0 Å². The molecular formula is C22H22N2O10S. The quantitative estimate of drug-likeness (QED) is 0.164. The van der Waals surface area contributed by atoms with E-state index in [9.17, 15) is 23.5 Å². The number of sulfone groups is 1. The fourth-order valence-electron chi connectivity index (χ4n) is 2.75. The molecule has 0 saturated carbocycles. The summed E-state index contributed by atoms with van der Waals surface area (Å²) >= 11 is 0. The van der Waals surface area contributed by atoms with E-state index in [2.05, 4.69) is 9.79 Å². The molecule has 0 atom stereocenters. The SMILES string of the molecule is COc1cc(/C=C/C(=O)OCCOCCOc2no[n+]([O-])c2S(=O)(=O)c2ccccc2)ccc1O. The highest BCUT2D eigenvalue weighted by molar-refractivity contribution is 7.91. The Hall–Kier alpha value is -4.10. The molecule has 0 spiro atoms. The van der Waals surface area contributed by atoms with Gasteiger partial charge in [0.25, 0.3) is 9.84 Å². The van der Waals surface area contributed by atoms with E-state index in [-0.39, 0.29) is 47.7 Å². The van der Waals surface area contributed by atoms with Gasteiger partial charge >= 0.3 is 16.9 Å². The van der Waals surface area contributed by atoms with Crippen LogP contribution in [-0.4, -0.2) is 58.2 Å². The Morgan fingerprint density at radius 1 is 1.14 bits per heavy atom. The summed E-state index contributed by atoms with van der Waals surface area (Å²) in [4.78, 5) is 11.4. The van der Waals surface area contributed by atoms with Crippen molar-refractivity contribution >= 4 is 21.9 Å². The maximum absolute atomic E-state index is 12.7. The summed E-state index contributed by atoms with van der Waals surface area (Å²) in [7, 11) is -2.79. The first-order valence-electron chi connectivity index (χ1n) is 10.1. The van der Waals surface area contributed by atoms with Gasteiger partial charge in [-0.15, -0.1) is 0 Å². The Balaban J connectivity index is 1.40. The molecule has 35 heavy (non-hydrogen) atoms. The van der Waals surface area contributed by atoms with E-state index in [1.807, 2.05) is 0 Å². The second kappa shape index (κ2) is 11.9. The van der Waals surface area contributed by atoms with Gasteiger partial charge in [-0.3, -0.25) is 4.63 Å². The van der Waals surface area contributed by atoms with Crippen molar-refractivity contribution in [3.05, 3.63) is 65.4 Å². The Kier molecular flexibility index (Phi) is 8.64. The summed E-state index contributed by atoms with van der Waals surface area (Å²) in [6, 6.07) is 11.9. The molecule has 0 unspecified atom stereocenters. The molecule has 0 fully saturated rings. The number of phenols is 1. The number of esters is 1. The number of hydrogen-bond donors (Lipinski definition) is 1. The molecule has 0 saturated heterocycles. The molecule has 12 nitrogen and oxygen atoms in total. The normalized spacial score (nSPS) is 11.5. The molecule has 2 aromatic carbocycles. The molecule has 0 bridgehead atoms. The topological polar surface area (TPSA) is 161 Å². The van der Waals surface area contributed by atoms with E-state index in [4.69, 9.17) is 18.9 Å². The van der Waals surface area contributed by atoms with E-state index in [0.29, 0.717) is 5.56 Å². The van der Waals surface area contributed by atoms with E-state index in [1.54, 1.807) is 18.2 Å². The van der Waals surface area contributed by atoms with Crippen LogP contribution in [0.3, 0.4) is 0 Å². The Morgan fingerprint density at radius 2 is 1.89 bits per heavy atom. The zero-order valence-corrected chi connectivity index (χ0v) is 19.3. The minimum atomic E-state index is -4.20. The highest BCUT2D eigenvalue weighted by atomic mass is 32.2. The highest BCUT2D eigenvalue weighted by Crippen LogP contribution is 2.27. The first-order chi connectivity index (χ1) is 16.8. The molecule has 3 aromatic rings. The number of phenolic OH excluding ortho intramolecular Hbond substituents is 1. The lowest BCUT2D eigenvalue weighted by Crippen LogP contribution is -2.31. The molecule has 0 aliphatic rings. The summed E-state index contributed by atoms with van der Waals surface area (Å²) in [6.07, 6.45) is 2.71. The molecule has 186 valence electrons. The van der Waals surface area contributed by atoms with Crippen molar-refractivity contribution in [2.75, 3.05) is 33.5 Å². The summed E-state index contributed by atoms with van der Waals surface area (Å²) in [5.74, 6) is -0.833.